The van der Waals surface area contributed by atoms with Gasteiger partial charge in [0.1, 0.15) is 11.2 Å². The molecule has 31 heavy (non-hydrogen) atoms. The third-order valence-electron chi connectivity index (χ3n) is 5.38. The molecule has 0 radical (unpaired) electrons. The Hall–Kier alpha value is -3.43. The second-order valence-electron chi connectivity index (χ2n) is 7.49. The molecule has 2 N–H and O–H groups in total. The van der Waals surface area contributed by atoms with Crippen molar-refractivity contribution in [3.05, 3.63) is 52.7 Å². The third kappa shape index (κ3) is 4.10. The average Bonchev–Trinajstić information content (AvgIpc) is 2.75. The lowest BCUT2D eigenvalue weighted by Crippen LogP contribution is -2.39. The van der Waals surface area contributed by atoms with Crippen molar-refractivity contribution in [2.45, 2.75) is 19.0 Å². The van der Waals surface area contributed by atoms with Gasteiger partial charge in [0, 0.05) is 31.9 Å². The van der Waals surface area contributed by atoms with Gasteiger partial charge in [-0.05, 0) is 30.5 Å². The lowest BCUT2D eigenvalue weighted by molar-refractivity contribution is -0.137. The lowest BCUT2D eigenvalue weighted by atomic mass is 9.98. The highest BCUT2D eigenvalue weighted by atomic mass is 19.4. The van der Waals surface area contributed by atoms with Gasteiger partial charge in [-0.25, -0.2) is 9.97 Å². The van der Waals surface area contributed by atoms with E-state index < -0.39 is 11.7 Å². The quantitative estimate of drug-likeness (QED) is 0.663. The first-order valence-electron chi connectivity index (χ1n) is 9.79. The number of benzene rings is 1. The summed E-state index contributed by atoms with van der Waals surface area (Å²) in [5.74, 6) is 0.00825. The van der Waals surface area contributed by atoms with Crippen LogP contribution in [0.1, 0.15) is 18.4 Å². The third-order valence-corrected chi connectivity index (χ3v) is 5.38. The fourth-order valence-corrected chi connectivity index (χ4v) is 3.65. The summed E-state index contributed by atoms with van der Waals surface area (Å²) in [6.45, 7) is 0.967. The molecule has 10 heteroatoms. The second kappa shape index (κ2) is 8.01. The van der Waals surface area contributed by atoms with Gasteiger partial charge in [0.15, 0.2) is 0 Å². The van der Waals surface area contributed by atoms with Gasteiger partial charge in [0.2, 0.25) is 5.91 Å². The highest BCUT2D eigenvalue weighted by molar-refractivity contribution is 5.98. The first kappa shape index (κ1) is 20.8. The number of amides is 1. The molecular formula is C21H20F3N5O2. The molecule has 1 amide bonds. The summed E-state index contributed by atoms with van der Waals surface area (Å²) in [4.78, 5) is 33.5. The standard InChI is InChI=1S/C21H20F3N5O2/c1-29-11-28-17-15(12-4-6-14(7-5-12)21(22,23)24)10-27-18(16(17)20(29)31)26-9-13-3-2-8-25-19(13)30/h4-7,10-11,13H,2-3,8-9H2,1H3,(H,25,30)(H,26,27)/t13-/m1/s1. The van der Waals surface area contributed by atoms with Crippen LogP contribution in [0.25, 0.3) is 22.0 Å². The van der Waals surface area contributed by atoms with Crippen LogP contribution in [0.4, 0.5) is 19.0 Å². The van der Waals surface area contributed by atoms with E-state index in [0.29, 0.717) is 29.7 Å². The maximum Gasteiger partial charge on any atom is 0.416 e. The minimum atomic E-state index is -4.44. The topological polar surface area (TPSA) is 88.9 Å². The first-order chi connectivity index (χ1) is 14.8. The number of carbonyl (C=O) groups excluding carboxylic acids is 1. The van der Waals surface area contributed by atoms with Crippen LogP contribution in [0.5, 0.6) is 0 Å². The Labute approximate surface area is 175 Å². The molecule has 2 aromatic heterocycles. The number of aryl methyl sites for hydroxylation is 1. The van der Waals surface area contributed by atoms with Crippen molar-refractivity contribution in [1.82, 2.24) is 19.9 Å². The van der Waals surface area contributed by atoms with Crippen molar-refractivity contribution in [3.8, 4) is 11.1 Å². The predicted octanol–water partition coefficient (Wildman–Crippen LogP) is 2.95. The van der Waals surface area contributed by atoms with Crippen molar-refractivity contribution in [2.24, 2.45) is 13.0 Å². The van der Waals surface area contributed by atoms with Gasteiger partial charge in [0.05, 0.1) is 23.3 Å². The van der Waals surface area contributed by atoms with Gasteiger partial charge in [-0.1, -0.05) is 12.1 Å². The number of hydrogen-bond donors (Lipinski definition) is 2. The zero-order valence-electron chi connectivity index (χ0n) is 16.7. The molecule has 1 fully saturated rings. The number of halogens is 3. The van der Waals surface area contributed by atoms with E-state index in [4.69, 9.17) is 0 Å². The molecule has 4 rings (SSSR count). The van der Waals surface area contributed by atoms with Crippen molar-refractivity contribution in [2.75, 3.05) is 18.4 Å². The summed E-state index contributed by atoms with van der Waals surface area (Å²) in [5.41, 5.74) is 0.128. The van der Waals surface area contributed by atoms with Gasteiger partial charge < -0.3 is 15.2 Å². The van der Waals surface area contributed by atoms with E-state index in [1.807, 2.05) is 0 Å². The number of nitrogens with one attached hydrogen (secondary N) is 2. The fraction of sp³-hybridized carbons (Fsp3) is 0.333. The molecule has 162 valence electrons. The summed E-state index contributed by atoms with van der Waals surface area (Å²) in [5, 5.41) is 6.12. The van der Waals surface area contributed by atoms with E-state index in [9.17, 15) is 22.8 Å². The highest BCUT2D eigenvalue weighted by Crippen LogP contribution is 2.33. The van der Waals surface area contributed by atoms with Crippen LogP contribution >= 0.6 is 0 Å². The number of anilines is 1. The van der Waals surface area contributed by atoms with Crippen LogP contribution in [0.3, 0.4) is 0 Å². The van der Waals surface area contributed by atoms with Crippen molar-refractivity contribution in [1.29, 1.82) is 0 Å². The Morgan fingerprint density at radius 2 is 1.94 bits per heavy atom. The number of carbonyl (C=O) groups is 1. The Morgan fingerprint density at radius 1 is 1.19 bits per heavy atom. The number of rotatable bonds is 4. The molecule has 1 aliphatic rings. The van der Waals surface area contributed by atoms with E-state index >= 15 is 0 Å². The summed E-state index contributed by atoms with van der Waals surface area (Å²) in [6.07, 6.45) is 0.00257. The zero-order valence-corrected chi connectivity index (χ0v) is 16.7. The van der Waals surface area contributed by atoms with E-state index in [-0.39, 0.29) is 28.6 Å². The SMILES string of the molecule is Cn1cnc2c(-c3ccc(C(F)(F)F)cc3)cnc(NC[C@H]3CCCNC3=O)c2c1=O. The number of aromatic nitrogens is 3. The molecule has 1 aromatic carbocycles. The molecule has 7 nitrogen and oxygen atoms in total. The average molecular weight is 431 g/mol. The Morgan fingerprint density at radius 3 is 2.61 bits per heavy atom. The molecule has 1 atom stereocenters. The Balaban J connectivity index is 1.74. The Kier molecular flexibility index (Phi) is 5.38. The Bertz CT molecular complexity index is 1190. The lowest BCUT2D eigenvalue weighted by Gasteiger charge is -2.22. The number of fused-ring (bicyclic) bond motifs is 1. The largest absolute Gasteiger partial charge is 0.416 e. The number of hydrogen-bond acceptors (Lipinski definition) is 5. The van der Waals surface area contributed by atoms with Gasteiger partial charge >= 0.3 is 6.18 Å². The van der Waals surface area contributed by atoms with Crippen LogP contribution in [-0.4, -0.2) is 33.5 Å². The van der Waals surface area contributed by atoms with Crippen molar-refractivity contribution >= 4 is 22.6 Å². The molecular weight excluding hydrogens is 411 g/mol. The van der Waals surface area contributed by atoms with E-state index in [2.05, 4.69) is 20.6 Å². The number of piperidine rings is 1. The van der Waals surface area contributed by atoms with Crippen LogP contribution < -0.4 is 16.2 Å². The molecule has 0 bridgehead atoms. The molecule has 0 unspecified atom stereocenters. The van der Waals surface area contributed by atoms with Crippen LogP contribution in [-0.2, 0) is 18.0 Å². The van der Waals surface area contributed by atoms with Crippen molar-refractivity contribution < 1.29 is 18.0 Å². The second-order valence-corrected chi connectivity index (χ2v) is 7.49. The smallest absolute Gasteiger partial charge is 0.369 e. The van der Waals surface area contributed by atoms with Crippen molar-refractivity contribution in [3.63, 3.8) is 0 Å². The highest BCUT2D eigenvalue weighted by Gasteiger charge is 2.30. The van der Waals surface area contributed by atoms with E-state index in [1.54, 1.807) is 7.05 Å². The van der Waals surface area contributed by atoms with Gasteiger partial charge in [-0.2, -0.15) is 13.2 Å². The zero-order chi connectivity index (χ0) is 22.2. The maximum absolute atomic E-state index is 12.9. The van der Waals surface area contributed by atoms with Gasteiger partial charge in [0.25, 0.3) is 5.56 Å². The minimum absolute atomic E-state index is 0.0459. The molecule has 3 aromatic rings. The number of nitrogens with zero attached hydrogens (tertiary/aromatic N) is 3. The molecule has 3 heterocycles. The molecule has 0 saturated carbocycles. The summed E-state index contributed by atoms with van der Waals surface area (Å²) in [6, 6.07) is 4.63. The van der Waals surface area contributed by atoms with Crippen LogP contribution in [0.15, 0.2) is 41.6 Å². The normalized spacial score (nSPS) is 16.9. The van der Waals surface area contributed by atoms with Gasteiger partial charge in [-0.15, -0.1) is 0 Å². The number of pyridine rings is 1. The fourth-order valence-electron chi connectivity index (χ4n) is 3.65. The van der Waals surface area contributed by atoms with Crippen LogP contribution in [0, 0.1) is 5.92 Å². The summed E-state index contributed by atoms with van der Waals surface area (Å²) in [7, 11) is 1.55. The monoisotopic (exact) mass is 431 g/mol. The number of alkyl halides is 3. The predicted molar refractivity (Wildman–Crippen MR) is 109 cm³/mol. The van der Waals surface area contributed by atoms with E-state index in [0.717, 1.165) is 25.0 Å². The maximum atomic E-state index is 12.9. The molecule has 1 aliphatic heterocycles. The minimum Gasteiger partial charge on any atom is -0.369 e. The molecule has 0 spiro atoms. The molecule has 1 saturated heterocycles. The first-order valence-corrected chi connectivity index (χ1v) is 9.79. The van der Waals surface area contributed by atoms with E-state index in [1.165, 1.54) is 29.2 Å². The van der Waals surface area contributed by atoms with Gasteiger partial charge in [-0.3, -0.25) is 9.59 Å². The summed E-state index contributed by atoms with van der Waals surface area (Å²) < 4.78 is 40.0. The summed E-state index contributed by atoms with van der Waals surface area (Å²) >= 11 is 0. The van der Waals surface area contributed by atoms with Crippen LogP contribution in [0.2, 0.25) is 0 Å². The molecule has 0 aliphatic carbocycles.